The van der Waals surface area contributed by atoms with Crippen molar-refractivity contribution in [3.63, 3.8) is 0 Å². The Labute approximate surface area is 140 Å². The van der Waals surface area contributed by atoms with Gasteiger partial charge < -0.3 is 15.2 Å². The Morgan fingerprint density at radius 1 is 1.17 bits per heavy atom. The summed E-state index contributed by atoms with van der Waals surface area (Å²) in [5.41, 5.74) is 1.81. The minimum absolute atomic E-state index is 0.0410. The van der Waals surface area contributed by atoms with Crippen molar-refractivity contribution in [3.8, 4) is 5.75 Å². The summed E-state index contributed by atoms with van der Waals surface area (Å²) in [4.78, 5) is 13.3. The predicted molar refractivity (Wildman–Crippen MR) is 94.2 cm³/mol. The molecular weight excluding hydrogens is 310 g/mol. The molecule has 1 amide bonds. The summed E-state index contributed by atoms with van der Waals surface area (Å²) in [6.45, 7) is 2.01. The summed E-state index contributed by atoms with van der Waals surface area (Å²) in [6.07, 6.45) is 0.623. The third-order valence-corrected chi connectivity index (χ3v) is 4.48. The van der Waals surface area contributed by atoms with E-state index in [0.717, 1.165) is 21.9 Å². The minimum Gasteiger partial charge on any atom is -0.497 e. The zero-order valence-corrected chi connectivity index (χ0v) is 14.1. The molecule has 0 aliphatic rings. The molecule has 0 heterocycles. The molecule has 0 fully saturated rings. The molecule has 0 spiro atoms. The largest absolute Gasteiger partial charge is 0.497 e. The van der Waals surface area contributed by atoms with Crippen LogP contribution in [0.2, 0.25) is 0 Å². The fraction of sp³-hybridized carbons (Fsp3) is 0.278. The summed E-state index contributed by atoms with van der Waals surface area (Å²) < 4.78 is 5.12. The zero-order valence-electron chi connectivity index (χ0n) is 13.3. The highest BCUT2D eigenvalue weighted by Crippen LogP contribution is 2.26. The monoisotopic (exact) mass is 331 g/mol. The van der Waals surface area contributed by atoms with E-state index in [2.05, 4.69) is 5.32 Å². The summed E-state index contributed by atoms with van der Waals surface area (Å²) in [6, 6.07) is 15.2. The number of rotatable bonds is 7. The average Bonchev–Trinajstić information content (AvgIpc) is 2.57. The van der Waals surface area contributed by atoms with Gasteiger partial charge in [-0.3, -0.25) is 4.79 Å². The Kier molecular flexibility index (Phi) is 6.50. The van der Waals surface area contributed by atoms with Crippen LogP contribution in [0.15, 0.2) is 53.4 Å². The maximum absolute atomic E-state index is 12.3. The molecule has 0 aliphatic heterocycles. The minimum atomic E-state index is -0.208. The van der Waals surface area contributed by atoms with Crippen LogP contribution in [0, 0.1) is 0 Å². The Morgan fingerprint density at radius 3 is 2.39 bits per heavy atom. The molecule has 2 aromatic rings. The van der Waals surface area contributed by atoms with E-state index >= 15 is 0 Å². The van der Waals surface area contributed by atoms with Crippen molar-refractivity contribution in [2.24, 2.45) is 0 Å². The maximum atomic E-state index is 12.3. The van der Waals surface area contributed by atoms with Crippen LogP contribution < -0.4 is 10.1 Å². The third-order valence-electron chi connectivity index (χ3n) is 3.36. The van der Waals surface area contributed by atoms with E-state index in [4.69, 9.17) is 9.84 Å². The number of carbonyl (C=O) groups excluding carboxylic acids is 1. The average molecular weight is 331 g/mol. The maximum Gasteiger partial charge on any atom is 0.237 e. The zero-order chi connectivity index (χ0) is 16.7. The number of hydrogen-bond acceptors (Lipinski definition) is 4. The molecule has 2 N–H and O–H groups in total. The number of aliphatic hydroxyl groups excluding tert-OH is 1. The van der Waals surface area contributed by atoms with E-state index in [1.807, 2.05) is 55.5 Å². The van der Waals surface area contributed by atoms with Gasteiger partial charge in [-0.25, -0.2) is 0 Å². The molecule has 1 atom stereocenters. The topological polar surface area (TPSA) is 58.6 Å². The number of aliphatic hydroxyl groups is 1. The van der Waals surface area contributed by atoms with Gasteiger partial charge in [-0.1, -0.05) is 12.1 Å². The smallest absolute Gasteiger partial charge is 0.237 e. The molecule has 2 rings (SSSR count). The van der Waals surface area contributed by atoms with Crippen LogP contribution in [0.5, 0.6) is 5.75 Å². The van der Waals surface area contributed by atoms with Crippen LogP contribution in [0.3, 0.4) is 0 Å². The van der Waals surface area contributed by atoms with Crippen molar-refractivity contribution in [1.29, 1.82) is 0 Å². The van der Waals surface area contributed by atoms with Crippen LogP contribution in [0.4, 0.5) is 5.69 Å². The fourth-order valence-corrected chi connectivity index (χ4v) is 2.91. The van der Waals surface area contributed by atoms with Gasteiger partial charge in [-0.15, -0.1) is 11.8 Å². The third kappa shape index (κ3) is 5.30. The quantitative estimate of drug-likeness (QED) is 0.764. The first kappa shape index (κ1) is 17.4. The van der Waals surface area contributed by atoms with Crippen molar-refractivity contribution < 1.29 is 14.6 Å². The number of ether oxygens (including phenoxy) is 1. The van der Waals surface area contributed by atoms with Gasteiger partial charge in [0.1, 0.15) is 5.75 Å². The lowest BCUT2D eigenvalue weighted by Crippen LogP contribution is -2.22. The van der Waals surface area contributed by atoms with Crippen molar-refractivity contribution >= 4 is 23.4 Å². The second kappa shape index (κ2) is 8.60. The Bertz CT molecular complexity index is 626. The number of anilines is 1. The van der Waals surface area contributed by atoms with Crippen molar-refractivity contribution in [3.05, 3.63) is 54.1 Å². The Morgan fingerprint density at radius 2 is 1.83 bits per heavy atom. The second-order valence-electron chi connectivity index (χ2n) is 5.10. The first-order valence-corrected chi connectivity index (χ1v) is 8.31. The highest BCUT2D eigenvalue weighted by atomic mass is 32.2. The number of benzene rings is 2. The van der Waals surface area contributed by atoms with Gasteiger partial charge >= 0.3 is 0 Å². The molecule has 122 valence electrons. The predicted octanol–water partition coefficient (Wildman–Crippen LogP) is 3.35. The van der Waals surface area contributed by atoms with E-state index in [-0.39, 0.29) is 17.8 Å². The van der Waals surface area contributed by atoms with Crippen molar-refractivity contribution in [1.82, 2.24) is 0 Å². The Hall–Kier alpha value is -1.98. The van der Waals surface area contributed by atoms with Crippen LogP contribution in [0.25, 0.3) is 0 Å². The van der Waals surface area contributed by atoms with E-state index in [1.165, 1.54) is 11.8 Å². The van der Waals surface area contributed by atoms with Crippen molar-refractivity contribution in [2.45, 2.75) is 23.5 Å². The molecule has 5 heteroatoms. The molecule has 23 heavy (non-hydrogen) atoms. The lowest BCUT2D eigenvalue weighted by molar-refractivity contribution is -0.115. The number of carbonyl (C=O) groups is 1. The number of hydrogen-bond donors (Lipinski definition) is 2. The van der Waals surface area contributed by atoms with Crippen LogP contribution in [-0.4, -0.2) is 30.0 Å². The van der Waals surface area contributed by atoms with Crippen LogP contribution in [0.1, 0.15) is 12.5 Å². The van der Waals surface area contributed by atoms with Gasteiger partial charge in [-0.2, -0.15) is 0 Å². The highest BCUT2D eigenvalue weighted by Gasteiger charge is 2.14. The van der Waals surface area contributed by atoms with Gasteiger partial charge in [0.25, 0.3) is 0 Å². The normalized spacial score (nSPS) is 11.8. The molecule has 0 aromatic heterocycles. The number of methoxy groups -OCH3 is 1. The SMILES string of the molecule is COc1ccc(S[C@H](C)C(=O)Nc2ccc(CCO)cc2)cc1. The second-order valence-corrected chi connectivity index (χ2v) is 6.51. The molecule has 4 nitrogen and oxygen atoms in total. The van der Waals surface area contributed by atoms with E-state index < -0.39 is 0 Å². The number of thioether (sulfide) groups is 1. The van der Waals surface area contributed by atoms with E-state index in [0.29, 0.717) is 6.42 Å². The van der Waals surface area contributed by atoms with Gasteiger partial charge in [0.2, 0.25) is 5.91 Å². The molecule has 2 aromatic carbocycles. The summed E-state index contributed by atoms with van der Waals surface area (Å²) >= 11 is 1.50. The lowest BCUT2D eigenvalue weighted by atomic mass is 10.1. The molecule has 0 radical (unpaired) electrons. The summed E-state index contributed by atoms with van der Waals surface area (Å²) in [5.74, 6) is 0.759. The molecule has 0 saturated heterocycles. The molecular formula is C18H21NO3S. The standard InChI is InChI=1S/C18H21NO3S/c1-13(23-17-9-7-16(22-2)8-10-17)18(21)19-15-5-3-14(4-6-15)11-12-20/h3-10,13,20H,11-12H2,1-2H3,(H,19,21)/t13-/m1/s1. The van der Waals surface area contributed by atoms with E-state index in [9.17, 15) is 4.79 Å². The Balaban J connectivity index is 1.90. The van der Waals surface area contributed by atoms with Crippen LogP contribution >= 0.6 is 11.8 Å². The first-order chi connectivity index (χ1) is 11.1. The van der Waals surface area contributed by atoms with E-state index in [1.54, 1.807) is 7.11 Å². The first-order valence-electron chi connectivity index (χ1n) is 7.43. The molecule has 0 aliphatic carbocycles. The fourth-order valence-electron chi connectivity index (χ4n) is 2.04. The summed E-state index contributed by atoms with van der Waals surface area (Å²) in [5, 5.41) is 11.6. The number of amides is 1. The van der Waals surface area contributed by atoms with Gasteiger partial charge in [0.15, 0.2) is 0 Å². The molecule has 0 saturated carbocycles. The summed E-state index contributed by atoms with van der Waals surface area (Å²) in [7, 11) is 1.63. The number of nitrogens with one attached hydrogen (secondary N) is 1. The molecule has 0 unspecified atom stereocenters. The lowest BCUT2D eigenvalue weighted by Gasteiger charge is -2.12. The highest BCUT2D eigenvalue weighted by molar-refractivity contribution is 8.00. The van der Waals surface area contributed by atoms with Gasteiger partial charge in [0, 0.05) is 17.2 Å². The molecule has 0 bridgehead atoms. The van der Waals surface area contributed by atoms with Crippen molar-refractivity contribution in [2.75, 3.05) is 19.0 Å². The van der Waals surface area contributed by atoms with Crippen LogP contribution in [-0.2, 0) is 11.2 Å². The van der Waals surface area contributed by atoms with Gasteiger partial charge in [-0.05, 0) is 55.3 Å². The van der Waals surface area contributed by atoms with Gasteiger partial charge in [0.05, 0.1) is 12.4 Å².